The SMILES string of the molecule is Cc1cccc2sc(N(CCCN(C)C)C(=O)c3ccc(Cl)s3)nc12.[Cl-]. The summed E-state index contributed by atoms with van der Waals surface area (Å²) >= 11 is 8.88. The highest BCUT2D eigenvalue weighted by molar-refractivity contribution is 7.22. The Morgan fingerprint density at radius 2 is 1.92 bits per heavy atom. The number of rotatable bonds is 6. The van der Waals surface area contributed by atoms with Crippen molar-refractivity contribution in [1.82, 2.24) is 9.88 Å². The number of para-hydroxylation sites is 1. The van der Waals surface area contributed by atoms with Gasteiger partial charge in [-0.1, -0.05) is 35.1 Å². The third kappa shape index (κ3) is 4.75. The average Bonchev–Trinajstić information content (AvgIpc) is 3.18. The van der Waals surface area contributed by atoms with Crippen LogP contribution in [0.25, 0.3) is 10.2 Å². The largest absolute Gasteiger partial charge is 1.00 e. The molecule has 4 nitrogen and oxygen atoms in total. The minimum Gasteiger partial charge on any atom is -1.00 e. The lowest BCUT2D eigenvalue weighted by atomic mass is 10.2. The summed E-state index contributed by atoms with van der Waals surface area (Å²) in [5, 5.41) is 0.748. The molecular formula is C18H20Cl2N3OS2-. The number of nitrogens with zero attached hydrogens (tertiary/aromatic N) is 3. The zero-order valence-electron chi connectivity index (χ0n) is 14.8. The van der Waals surface area contributed by atoms with Gasteiger partial charge in [0.1, 0.15) is 0 Å². The minimum atomic E-state index is -0.0348. The van der Waals surface area contributed by atoms with Gasteiger partial charge in [-0.3, -0.25) is 9.69 Å². The number of aryl methyl sites for hydroxylation is 1. The van der Waals surface area contributed by atoms with Crippen LogP contribution in [0.4, 0.5) is 5.13 Å². The zero-order valence-corrected chi connectivity index (χ0v) is 18.0. The van der Waals surface area contributed by atoms with Crippen LogP contribution in [0.1, 0.15) is 21.7 Å². The Morgan fingerprint density at radius 3 is 2.54 bits per heavy atom. The summed E-state index contributed by atoms with van der Waals surface area (Å²) in [5.74, 6) is -0.0348. The molecule has 26 heavy (non-hydrogen) atoms. The van der Waals surface area contributed by atoms with Crippen LogP contribution < -0.4 is 17.3 Å². The summed E-state index contributed by atoms with van der Waals surface area (Å²) < 4.78 is 1.72. The average molecular weight is 429 g/mol. The van der Waals surface area contributed by atoms with Crippen LogP contribution in [0.3, 0.4) is 0 Å². The maximum Gasteiger partial charge on any atom is 0.270 e. The van der Waals surface area contributed by atoms with Crippen molar-refractivity contribution in [2.75, 3.05) is 32.1 Å². The fourth-order valence-electron chi connectivity index (χ4n) is 2.58. The molecule has 0 aliphatic carbocycles. The van der Waals surface area contributed by atoms with Gasteiger partial charge in [-0.2, -0.15) is 0 Å². The number of benzene rings is 1. The van der Waals surface area contributed by atoms with Gasteiger partial charge in [-0.05, 0) is 57.7 Å². The summed E-state index contributed by atoms with van der Waals surface area (Å²) in [4.78, 5) is 22.3. The Labute approximate surface area is 172 Å². The van der Waals surface area contributed by atoms with Gasteiger partial charge in [-0.15, -0.1) is 11.3 Å². The van der Waals surface area contributed by atoms with E-state index >= 15 is 0 Å². The van der Waals surface area contributed by atoms with Crippen molar-refractivity contribution in [3.8, 4) is 0 Å². The molecule has 140 valence electrons. The minimum absolute atomic E-state index is 0. The number of carbonyl (C=O) groups is 1. The molecule has 0 fully saturated rings. The Hall–Kier alpha value is -1.18. The van der Waals surface area contributed by atoms with Crippen LogP contribution in [-0.4, -0.2) is 43.0 Å². The lowest BCUT2D eigenvalue weighted by molar-refractivity contribution is -0.0000127. The second-order valence-electron chi connectivity index (χ2n) is 6.14. The molecule has 1 aromatic carbocycles. The van der Waals surface area contributed by atoms with Crippen molar-refractivity contribution < 1.29 is 17.2 Å². The van der Waals surface area contributed by atoms with Gasteiger partial charge < -0.3 is 17.3 Å². The second kappa shape index (κ2) is 9.15. The molecule has 2 heterocycles. The monoisotopic (exact) mass is 428 g/mol. The van der Waals surface area contributed by atoms with Crippen molar-refractivity contribution >= 4 is 55.5 Å². The number of carbonyl (C=O) groups excluding carboxylic acids is 1. The van der Waals surface area contributed by atoms with Gasteiger partial charge in [-0.25, -0.2) is 4.98 Å². The first-order chi connectivity index (χ1) is 12.0. The Morgan fingerprint density at radius 1 is 1.15 bits per heavy atom. The van der Waals surface area contributed by atoms with Crippen molar-refractivity contribution in [3.05, 3.63) is 45.1 Å². The quantitative estimate of drug-likeness (QED) is 0.601. The summed E-state index contributed by atoms with van der Waals surface area (Å²) in [7, 11) is 4.07. The van der Waals surface area contributed by atoms with E-state index in [9.17, 15) is 4.79 Å². The number of hydrogen-bond donors (Lipinski definition) is 0. The number of amides is 1. The fourth-order valence-corrected chi connectivity index (χ4v) is 4.64. The molecule has 8 heteroatoms. The van der Waals surface area contributed by atoms with Crippen molar-refractivity contribution in [2.24, 2.45) is 0 Å². The van der Waals surface area contributed by atoms with E-state index in [2.05, 4.69) is 4.90 Å². The first kappa shape index (κ1) is 21.1. The number of fused-ring (bicyclic) bond motifs is 1. The third-order valence-corrected chi connectivity index (χ3v) is 6.12. The van der Waals surface area contributed by atoms with Crippen LogP contribution in [0.15, 0.2) is 30.3 Å². The topological polar surface area (TPSA) is 36.4 Å². The molecule has 0 radical (unpaired) electrons. The third-order valence-electron chi connectivity index (χ3n) is 3.86. The Kier molecular flexibility index (Phi) is 7.43. The number of thiazole rings is 1. The van der Waals surface area contributed by atoms with E-state index < -0.39 is 0 Å². The van der Waals surface area contributed by atoms with Crippen LogP contribution in [0, 0.1) is 6.92 Å². The molecule has 0 unspecified atom stereocenters. The number of hydrogen-bond acceptors (Lipinski definition) is 5. The maximum atomic E-state index is 13.0. The number of thiophene rings is 1. The fraction of sp³-hybridized carbons (Fsp3) is 0.333. The predicted molar refractivity (Wildman–Crippen MR) is 109 cm³/mol. The lowest BCUT2D eigenvalue weighted by Gasteiger charge is -2.20. The van der Waals surface area contributed by atoms with Gasteiger partial charge in [0.2, 0.25) is 0 Å². The van der Waals surface area contributed by atoms with E-state index in [-0.39, 0.29) is 18.3 Å². The molecule has 0 saturated heterocycles. The highest BCUT2D eigenvalue weighted by Crippen LogP contribution is 2.32. The van der Waals surface area contributed by atoms with E-state index in [1.807, 2.05) is 39.2 Å². The molecule has 0 N–H and O–H groups in total. The summed E-state index contributed by atoms with van der Waals surface area (Å²) in [5.41, 5.74) is 2.09. The lowest BCUT2D eigenvalue weighted by Crippen LogP contribution is -3.00. The van der Waals surface area contributed by atoms with E-state index in [0.717, 1.165) is 33.9 Å². The van der Waals surface area contributed by atoms with Gasteiger partial charge in [0.15, 0.2) is 5.13 Å². The molecule has 3 rings (SSSR count). The van der Waals surface area contributed by atoms with Crippen molar-refractivity contribution in [3.63, 3.8) is 0 Å². The summed E-state index contributed by atoms with van der Waals surface area (Å²) in [6.45, 7) is 3.59. The van der Waals surface area contributed by atoms with Gasteiger partial charge >= 0.3 is 0 Å². The highest BCUT2D eigenvalue weighted by atomic mass is 35.5. The first-order valence-electron chi connectivity index (χ1n) is 8.04. The smallest absolute Gasteiger partial charge is 0.270 e. The van der Waals surface area contributed by atoms with E-state index in [0.29, 0.717) is 15.8 Å². The van der Waals surface area contributed by atoms with E-state index in [1.54, 1.807) is 28.4 Å². The normalized spacial score (nSPS) is 11.0. The molecule has 0 aliphatic heterocycles. The van der Waals surface area contributed by atoms with Gasteiger partial charge in [0.25, 0.3) is 5.91 Å². The van der Waals surface area contributed by atoms with Crippen LogP contribution >= 0.6 is 34.3 Å². The molecule has 1 amide bonds. The van der Waals surface area contributed by atoms with Crippen LogP contribution in [0.5, 0.6) is 0 Å². The van der Waals surface area contributed by atoms with E-state index in [1.165, 1.54) is 11.3 Å². The van der Waals surface area contributed by atoms with Gasteiger partial charge in [0.05, 0.1) is 19.4 Å². The van der Waals surface area contributed by atoms with Crippen LogP contribution in [-0.2, 0) is 0 Å². The predicted octanol–water partition coefficient (Wildman–Crippen LogP) is 1.92. The Bertz CT molecular complexity index is 892. The second-order valence-corrected chi connectivity index (χ2v) is 8.86. The number of anilines is 1. The van der Waals surface area contributed by atoms with Crippen molar-refractivity contribution in [2.45, 2.75) is 13.3 Å². The highest BCUT2D eigenvalue weighted by Gasteiger charge is 2.22. The molecule has 0 aliphatic rings. The number of aromatic nitrogens is 1. The molecular weight excluding hydrogens is 409 g/mol. The van der Waals surface area contributed by atoms with Crippen molar-refractivity contribution in [1.29, 1.82) is 0 Å². The van der Waals surface area contributed by atoms with Gasteiger partial charge in [0, 0.05) is 6.54 Å². The molecule has 3 aromatic rings. The molecule has 0 saturated carbocycles. The molecule has 0 atom stereocenters. The standard InChI is InChI=1S/C18H20ClN3OS2.ClH/c1-12-6-4-7-13-16(12)20-18(25-13)22(11-5-10-21(2)3)17(23)14-8-9-15(19)24-14;/h4,6-9H,5,10-11H2,1-3H3;1H/p-1. The zero-order chi connectivity index (χ0) is 18.0. The van der Waals surface area contributed by atoms with Crippen LogP contribution in [0.2, 0.25) is 4.34 Å². The summed E-state index contributed by atoms with van der Waals surface area (Å²) in [6.07, 6.45) is 0.882. The number of halogens is 2. The first-order valence-corrected chi connectivity index (χ1v) is 10.0. The molecule has 0 bridgehead atoms. The molecule has 2 aromatic heterocycles. The maximum absolute atomic E-state index is 13.0. The Balaban J connectivity index is 0.00000243. The van der Waals surface area contributed by atoms with E-state index in [4.69, 9.17) is 16.6 Å². The molecule has 0 spiro atoms. The summed E-state index contributed by atoms with van der Waals surface area (Å²) in [6, 6.07) is 9.67.